The largest absolute Gasteiger partial charge is 0.294 e. The maximum atomic E-state index is 11.8. The highest BCUT2D eigenvalue weighted by Crippen LogP contribution is 2.42. The molecule has 20 heavy (non-hydrogen) atoms. The van der Waals surface area contributed by atoms with Gasteiger partial charge < -0.3 is 0 Å². The molecule has 0 fully saturated rings. The fourth-order valence-corrected chi connectivity index (χ4v) is 5.33. The average molecular weight is 326 g/mol. The highest BCUT2D eigenvalue weighted by atomic mass is 32.2. The lowest BCUT2D eigenvalue weighted by atomic mass is 9.93. The van der Waals surface area contributed by atoms with Crippen LogP contribution in [0.15, 0.2) is 9.59 Å². The maximum Gasteiger partial charge on any atom is 0.162 e. The average Bonchev–Trinajstić information content (AvgIpc) is 2.91. The minimum absolute atomic E-state index is 0.0612. The number of hydrogen-bond acceptors (Lipinski definition) is 5. The molecule has 2 heterocycles. The Hall–Kier alpha value is -0.650. The highest BCUT2D eigenvalue weighted by Gasteiger charge is 2.23. The predicted molar refractivity (Wildman–Crippen MR) is 90.6 cm³/mol. The van der Waals surface area contributed by atoms with Crippen LogP contribution in [-0.2, 0) is 5.41 Å². The summed E-state index contributed by atoms with van der Waals surface area (Å²) in [4.78, 5) is 17.7. The number of thiophene rings is 1. The quantitative estimate of drug-likeness (QED) is 0.559. The van der Waals surface area contributed by atoms with Crippen LogP contribution >= 0.6 is 34.4 Å². The second-order valence-corrected chi connectivity index (χ2v) is 8.72. The van der Waals surface area contributed by atoms with Crippen LogP contribution in [0.25, 0.3) is 9.88 Å². The Balaban J connectivity index is 2.54. The zero-order valence-corrected chi connectivity index (χ0v) is 15.1. The summed E-state index contributed by atoms with van der Waals surface area (Å²) in [7, 11) is 0. The number of thioether (sulfide) groups is 1. The topological polar surface area (TPSA) is 30.0 Å². The Morgan fingerprint density at radius 1 is 1.35 bits per heavy atom. The lowest BCUT2D eigenvalue weighted by molar-refractivity contribution is 0.101. The number of carbonyl (C=O) groups is 1. The van der Waals surface area contributed by atoms with E-state index < -0.39 is 0 Å². The summed E-state index contributed by atoms with van der Waals surface area (Å²) in [6.45, 7) is 10.2. The Kier molecular flexibility index (Phi) is 4.42. The molecule has 0 radical (unpaired) electrons. The van der Waals surface area contributed by atoms with E-state index in [0.717, 1.165) is 30.9 Å². The van der Waals surface area contributed by atoms with Gasteiger partial charge in [0.25, 0.3) is 0 Å². The number of aromatic nitrogens is 1. The Labute approximate surface area is 132 Å². The first kappa shape index (κ1) is 15.7. The number of carbonyl (C=O) groups excluding carboxylic acids is 1. The molecule has 0 saturated heterocycles. The molecule has 2 aromatic heterocycles. The van der Waals surface area contributed by atoms with Crippen LogP contribution in [0.2, 0.25) is 0 Å². The minimum Gasteiger partial charge on any atom is -0.294 e. The number of Topliss-reactive ketones (excluding diaryl/α,β-unsaturated/α-hetero) is 1. The van der Waals surface area contributed by atoms with Crippen LogP contribution in [0.3, 0.4) is 0 Å². The van der Waals surface area contributed by atoms with E-state index >= 15 is 0 Å². The molecule has 0 aliphatic rings. The molecular formula is C15H19NOS3. The van der Waals surface area contributed by atoms with Crippen molar-refractivity contribution in [1.29, 1.82) is 0 Å². The van der Waals surface area contributed by atoms with Crippen LogP contribution in [0.1, 0.15) is 49.3 Å². The van der Waals surface area contributed by atoms with Crippen molar-refractivity contribution in [3.63, 3.8) is 0 Å². The molecule has 0 bridgehead atoms. The summed E-state index contributed by atoms with van der Waals surface area (Å²) in [5.41, 5.74) is 3.11. The van der Waals surface area contributed by atoms with Gasteiger partial charge in [0.15, 0.2) is 5.78 Å². The van der Waals surface area contributed by atoms with Gasteiger partial charge in [-0.25, -0.2) is 4.98 Å². The first-order valence-electron chi connectivity index (χ1n) is 6.40. The second kappa shape index (κ2) is 5.62. The first-order chi connectivity index (χ1) is 9.25. The zero-order valence-electron chi connectivity index (χ0n) is 12.7. The molecule has 2 nitrogen and oxygen atoms in total. The van der Waals surface area contributed by atoms with Crippen LogP contribution in [0.4, 0.5) is 0 Å². The van der Waals surface area contributed by atoms with Gasteiger partial charge >= 0.3 is 0 Å². The van der Waals surface area contributed by atoms with Gasteiger partial charge in [-0.2, -0.15) is 0 Å². The van der Waals surface area contributed by atoms with Gasteiger partial charge in [-0.05, 0) is 25.7 Å². The van der Waals surface area contributed by atoms with E-state index in [1.165, 1.54) is 0 Å². The van der Waals surface area contributed by atoms with Crippen molar-refractivity contribution in [2.24, 2.45) is 0 Å². The number of ketones is 1. The molecule has 0 N–H and O–H groups in total. The van der Waals surface area contributed by atoms with Crippen LogP contribution in [-0.4, -0.2) is 17.0 Å². The van der Waals surface area contributed by atoms with Crippen molar-refractivity contribution in [3.8, 4) is 9.88 Å². The Bertz CT molecular complexity index is 647. The standard InChI is InChI=1S/C15H19NOS3/c1-8-11(9(2)17)14(18-6)20-12(8)13-16-10(7-19-13)15(3,4)5/h7H,1-6H3. The van der Waals surface area contributed by atoms with Gasteiger partial charge in [-0.15, -0.1) is 34.4 Å². The molecule has 0 saturated carbocycles. The molecular weight excluding hydrogens is 306 g/mol. The van der Waals surface area contributed by atoms with Gasteiger partial charge in [0.1, 0.15) is 5.01 Å². The number of nitrogens with zero attached hydrogens (tertiary/aromatic N) is 1. The lowest BCUT2D eigenvalue weighted by Crippen LogP contribution is -2.11. The number of hydrogen-bond donors (Lipinski definition) is 0. The minimum atomic E-state index is 0.0612. The fraction of sp³-hybridized carbons (Fsp3) is 0.467. The summed E-state index contributed by atoms with van der Waals surface area (Å²) >= 11 is 4.99. The van der Waals surface area contributed by atoms with Crippen molar-refractivity contribution in [1.82, 2.24) is 4.98 Å². The fourth-order valence-electron chi connectivity index (χ4n) is 1.96. The van der Waals surface area contributed by atoms with Gasteiger partial charge in [-0.1, -0.05) is 20.8 Å². The molecule has 2 rings (SSSR count). The van der Waals surface area contributed by atoms with E-state index in [-0.39, 0.29) is 11.2 Å². The van der Waals surface area contributed by atoms with Crippen LogP contribution < -0.4 is 0 Å². The van der Waals surface area contributed by atoms with Gasteiger partial charge in [0, 0.05) is 16.4 Å². The van der Waals surface area contributed by atoms with E-state index in [1.54, 1.807) is 41.4 Å². The lowest BCUT2D eigenvalue weighted by Gasteiger charge is -2.14. The van der Waals surface area contributed by atoms with Crippen LogP contribution in [0, 0.1) is 6.92 Å². The van der Waals surface area contributed by atoms with Crippen molar-refractivity contribution < 1.29 is 4.79 Å². The van der Waals surface area contributed by atoms with E-state index in [9.17, 15) is 4.79 Å². The van der Waals surface area contributed by atoms with Crippen molar-refractivity contribution >= 4 is 40.2 Å². The third-order valence-corrected chi connectivity index (χ3v) is 6.53. The smallest absolute Gasteiger partial charge is 0.162 e. The summed E-state index contributed by atoms with van der Waals surface area (Å²) in [6.07, 6.45) is 2.02. The van der Waals surface area contributed by atoms with E-state index in [2.05, 4.69) is 26.2 Å². The molecule has 0 aliphatic heterocycles. The van der Waals surface area contributed by atoms with Crippen molar-refractivity contribution in [3.05, 3.63) is 22.2 Å². The Morgan fingerprint density at radius 3 is 2.40 bits per heavy atom. The SMILES string of the molecule is CSc1sc(-c2nc(C(C)(C)C)cs2)c(C)c1C(C)=O. The van der Waals surface area contributed by atoms with E-state index in [4.69, 9.17) is 4.98 Å². The molecule has 0 amide bonds. The van der Waals surface area contributed by atoms with Gasteiger partial charge in [0.2, 0.25) is 0 Å². The second-order valence-electron chi connectivity index (χ2n) is 5.77. The summed E-state index contributed by atoms with van der Waals surface area (Å²) in [5, 5.41) is 3.15. The Morgan fingerprint density at radius 2 is 2.00 bits per heavy atom. The summed E-state index contributed by atoms with van der Waals surface area (Å²) in [5.74, 6) is 0.141. The number of thiazole rings is 1. The van der Waals surface area contributed by atoms with E-state index in [1.807, 2.05) is 13.2 Å². The first-order valence-corrected chi connectivity index (χ1v) is 9.32. The third kappa shape index (κ3) is 2.85. The molecule has 0 atom stereocenters. The van der Waals surface area contributed by atoms with Crippen molar-refractivity contribution in [2.75, 3.05) is 6.26 Å². The monoisotopic (exact) mass is 325 g/mol. The van der Waals surface area contributed by atoms with E-state index in [0.29, 0.717) is 0 Å². The van der Waals surface area contributed by atoms with Gasteiger partial charge in [-0.3, -0.25) is 4.79 Å². The predicted octanol–water partition coefficient (Wildman–Crippen LogP) is 5.40. The molecule has 0 spiro atoms. The highest BCUT2D eigenvalue weighted by molar-refractivity contribution is 8.00. The summed E-state index contributed by atoms with van der Waals surface area (Å²) in [6, 6.07) is 0. The third-order valence-electron chi connectivity index (χ3n) is 3.12. The molecule has 0 aliphatic carbocycles. The number of rotatable bonds is 3. The van der Waals surface area contributed by atoms with Crippen molar-refractivity contribution in [2.45, 2.75) is 44.2 Å². The van der Waals surface area contributed by atoms with Gasteiger partial charge in [0.05, 0.1) is 14.8 Å². The van der Waals surface area contributed by atoms with Crippen LogP contribution in [0.5, 0.6) is 0 Å². The molecule has 108 valence electrons. The molecule has 2 aromatic rings. The summed E-state index contributed by atoms with van der Waals surface area (Å²) < 4.78 is 1.09. The molecule has 5 heteroatoms. The maximum absolute atomic E-state index is 11.8. The molecule has 0 unspecified atom stereocenters. The normalized spacial score (nSPS) is 11.9. The zero-order chi connectivity index (χ0) is 15.1. The molecule has 0 aromatic carbocycles.